The van der Waals surface area contributed by atoms with Gasteiger partial charge in [0.15, 0.2) is 0 Å². The summed E-state index contributed by atoms with van der Waals surface area (Å²) in [4.78, 5) is 16.1. The molecule has 2 rings (SSSR count). The maximum absolute atomic E-state index is 12.1. The molecule has 0 saturated carbocycles. The molecule has 0 aliphatic carbocycles. The van der Waals surface area contributed by atoms with Crippen molar-refractivity contribution in [3.63, 3.8) is 0 Å². The number of β-amino-alcohol motifs (C(OH)–C–C–N with tert-alkyl or cyclic N) is 1. The zero-order valence-corrected chi connectivity index (χ0v) is 12.4. The van der Waals surface area contributed by atoms with Crippen LogP contribution in [0.3, 0.4) is 0 Å². The maximum atomic E-state index is 12.1. The van der Waals surface area contributed by atoms with Gasteiger partial charge in [0.05, 0.1) is 13.7 Å². The fourth-order valence-corrected chi connectivity index (χ4v) is 2.45. The third-order valence-corrected chi connectivity index (χ3v) is 3.70. The van der Waals surface area contributed by atoms with Crippen LogP contribution in [0.2, 0.25) is 0 Å². The Labute approximate surface area is 125 Å². The van der Waals surface area contributed by atoms with Crippen molar-refractivity contribution in [2.75, 3.05) is 46.4 Å². The smallest absolute Gasteiger partial charge is 0.317 e. The van der Waals surface area contributed by atoms with Crippen LogP contribution in [-0.4, -0.2) is 67.4 Å². The van der Waals surface area contributed by atoms with Gasteiger partial charge in [-0.3, -0.25) is 4.90 Å². The third-order valence-electron chi connectivity index (χ3n) is 3.70. The number of hydrogen-bond acceptors (Lipinski definition) is 4. The van der Waals surface area contributed by atoms with Gasteiger partial charge in [0.1, 0.15) is 5.75 Å². The van der Waals surface area contributed by atoms with Crippen LogP contribution in [0.15, 0.2) is 24.3 Å². The first kappa shape index (κ1) is 15.6. The van der Waals surface area contributed by atoms with Gasteiger partial charge in [-0.05, 0) is 6.07 Å². The normalized spacial score (nSPS) is 15.8. The molecule has 0 unspecified atom stereocenters. The van der Waals surface area contributed by atoms with Gasteiger partial charge >= 0.3 is 6.03 Å². The molecule has 0 radical (unpaired) electrons. The lowest BCUT2D eigenvalue weighted by molar-refractivity contribution is 0.122. The number of carbonyl (C=O) groups excluding carboxylic acids is 1. The van der Waals surface area contributed by atoms with Crippen LogP contribution in [0.5, 0.6) is 5.75 Å². The minimum absolute atomic E-state index is 0.0513. The van der Waals surface area contributed by atoms with Crippen molar-refractivity contribution in [1.82, 2.24) is 15.1 Å². The van der Waals surface area contributed by atoms with Gasteiger partial charge in [-0.1, -0.05) is 18.2 Å². The average Bonchev–Trinajstić information content (AvgIpc) is 2.54. The molecule has 1 saturated heterocycles. The lowest BCUT2D eigenvalue weighted by atomic mass is 10.2. The van der Waals surface area contributed by atoms with Crippen molar-refractivity contribution < 1.29 is 14.6 Å². The lowest BCUT2D eigenvalue weighted by Crippen LogP contribution is -2.52. The van der Waals surface area contributed by atoms with E-state index in [9.17, 15) is 4.79 Å². The van der Waals surface area contributed by atoms with Gasteiger partial charge in [-0.2, -0.15) is 0 Å². The first-order valence-corrected chi connectivity index (χ1v) is 7.22. The summed E-state index contributed by atoms with van der Waals surface area (Å²) in [5, 5.41) is 11.8. The molecule has 1 aliphatic rings. The van der Waals surface area contributed by atoms with Gasteiger partial charge < -0.3 is 20.1 Å². The van der Waals surface area contributed by atoms with Crippen molar-refractivity contribution in [1.29, 1.82) is 0 Å². The summed E-state index contributed by atoms with van der Waals surface area (Å²) in [6, 6.07) is 7.61. The molecule has 1 aliphatic heterocycles. The summed E-state index contributed by atoms with van der Waals surface area (Å²) in [5.41, 5.74) is 0.965. The number of aliphatic hydroxyl groups excluding tert-OH is 1. The van der Waals surface area contributed by atoms with E-state index in [-0.39, 0.29) is 12.6 Å². The number of methoxy groups -OCH3 is 1. The van der Waals surface area contributed by atoms with Crippen LogP contribution in [0, 0.1) is 0 Å². The van der Waals surface area contributed by atoms with Crippen LogP contribution >= 0.6 is 0 Å². The van der Waals surface area contributed by atoms with Crippen molar-refractivity contribution in [2.45, 2.75) is 6.54 Å². The van der Waals surface area contributed by atoms with E-state index in [1.807, 2.05) is 29.2 Å². The molecule has 0 atom stereocenters. The molecule has 0 bridgehead atoms. The van der Waals surface area contributed by atoms with E-state index in [0.717, 1.165) is 24.4 Å². The number of ether oxygens (including phenoxy) is 1. The summed E-state index contributed by atoms with van der Waals surface area (Å²) in [7, 11) is 1.63. The number of aliphatic hydroxyl groups is 1. The number of para-hydroxylation sites is 1. The monoisotopic (exact) mass is 293 g/mol. The first-order chi connectivity index (χ1) is 10.2. The van der Waals surface area contributed by atoms with E-state index in [1.165, 1.54) is 0 Å². The van der Waals surface area contributed by atoms with Crippen molar-refractivity contribution >= 4 is 6.03 Å². The van der Waals surface area contributed by atoms with Gasteiger partial charge in [0, 0.05) is 44.8 Å². The Balaban J connectivity index is 1.80. The van der Waals surface area contributed by atoms with Crippen LogP contribution in [0.4, 0.5) is 4.79 Å². The van der Waals surface area contributed by atoms with E-state index in [0.29, 0.717) is 26.2 Å². The molecule has 6 heteroatoms. The van der Waals surface area contributed by atoms with Crippen LogP contribution < -0.4 is 10.1 Å². The highest BCUT2D eigenvalue weighted by Gasteiger charge is 2.20. The number of carbonyl (C=O) groups is 1. The Kier molecular flexibility index (Phi) is 5.83. The minimum Gasteiger partial charge on any atom is -0.496 e. The van der Waals surface area contributed by atoms with E-state index in [4.69, 9.17) is 9.84 Å². The Bertz CT molecular complexity index is 459. The fraction of sp³-hybridized carbons (Fsp3) is 0.533. The van der Waals surface area contributed by atoms with E-state index < -0.39 is 0 Å². The molecular formula is C15H23N3O3. The Morgan fingerprint density at radius 3 is 2.67 bits per heavy atom. The van der Waals surface area contributed by atoms with Crippen LogP contribution in [0.1, 0.15) is 5.56 Å². The molecule has 21 heavy (non-hydrogen) atoms. The first-order valence-electron chi connectivity index (χ1n) is 7.22. The van der Waals surface area contributed by atoms with Gasteiger partial charge in [0.2, 0.25) is 0 Å². The zero-order valence-electron chi connectivity index (χ0n) is 12.4. The molecule has 1 fully saturated rings. The largest absolute Gasteiger partial charge is 0.496 e. The molecule has 1 aromatic rings. The highest BCUT2D eigenvalue weighted by Crippen LogP contribution is 2.16. The molecule has 6 nitrogen and oxygen atoms in total. The Morgan fingerprint density at radius 1 is 1.29 bits per heavy atom. The minimum atomic E-state index is -0.0513. The molecule has 2 amide bonds. The van der Waals surface area contributed by atoms with Gasteiger partial charge in [-0.25, -0.2) is 4.79 Å². The number of nitrogens with one attached hydrogen (secondary N) is 1. The molecule has 116 valence electrons. The predicted octanol–water partition coefficient (Wildman–Crippen LogP) is 0.515. The number of nitrogens with zero attached hydrogens (tertiary/aromatic N) is 2. The highest BCUT2D eigenvalue weighted by atomic mass is 16.5. The standard InChI is InChI=1S/C15H23N3O3/c1-21-14-5-3-2-4-13(14)12-16-15(20)18-8-6-17(7-9-18)10-11-19/h2-5,19H,6-12H2,1H3,(H,16,20). The summed E-state index contributed by atoms with van der Waals surface area (Å²) in [6.07, 6.45) is 0. The quantitative estimate of drug-likeness (QED) is 0.830. The number of rotatable bonds is 5. The second kappa shape index (κ2) is 7.85. The van der Waals surface area contributed by atoms with Crippen molar-refractivity contribution in [2.24, 2.45) is 0 Å². The fourth-order valence-electron chi connectivity index (χ4n) is 2.45. The third kappa shape index (κ3) is 4.34. The second-order valence-corrected chi connectivity index (χ2v) is 5.02. The van der Waals surface area contributed by atoms with Crippen molar-refractivity contribution in [3.8, 4) is 5.75 Å². The maximum Gasteiger partial charge on any atom is 0.317 e. The number of piperazine rings is 1. The molecule has 0 aromatic heterocycles. The number of hydrogen-bond donors (Lipinski definition) is 2. The van der Waals surface area contributed by atoms with Crippen LogP contribution in [0.25, 0.3) is 0 Å². The molecule has 1 heterocycles. The van der Waals surface area contributed by atoms with E-state index in [2.05, 4.69) is 10.2 Å². The van der Waals surface area contributed by atoms with Gasteiger partial charge in [0.25, 0.3) is 0 Å². The SMILES string of the molecule is COc1ccccc1CNC(=O)N1CCN(CCO)CC1. The summed E-state index contributed by atoms with van der Waals surface area (Å²) in [5.74, 6) is 0.783. The predicted molar refractivity (Wildman–Crippen MR) is 80.3 cm³/mol. The molecular weight excluding hydrogens is 270 g/mol. The number of benzene rings is 1. The van der Waals surface area contributed by atoms with Crippen LogP contribution in [-0.2, 0) is 6.54 Å². The summed E-state index contributed by atoms with van der Waals surface area (Å²) >= 11 is 0. The summed E-state index contributed by atoms with van der Waals surface area (Å²) in [6.45, 7) is 4.30. The van der Waals surface area contributed by atoms with Crippen molar-refractivity contribution in [3.05, 3.63) is 29.8 Å². The number of amides is 2. The molecule has 1 aromatic carbocycles. The Hall–Kier alpha value is -1.79. The second-order valence-electron chi connectivity index (χ2n) is 5.02. The summed E-state index contributed by atoms with van der Waals surface area (Å²) < 4.78 is 5.27. The number of urea groups is 1. The zero-order chi connectivity index (χ0) is 15.1. The van der Waals surface area contributed by atoms with Gasteiger partial charge in [-0.15, -0.1) is 0 Å². The Morgan fingerprint density at radius 2 is 2.00 bits per heavy atom. The van der Waals surface area contributed by atoms with E-state index in [1.54, 1.807) is 7.11 Å². The molecule has 2 N–H and O–H groups in total. The van der Waals surface area contributed by atoms with E-state index >= 15 is 0 Å². The highest BCUT2D eigenvalue weighted by molar-refractivity contribution is 5.74. The average molecular weight is 293 g/mol. The topological polar surface area (TPSA) is 65.0 Å². The molecule has 0 spiro atoms. The lowest BCUT2D eigenvalue weighted by Gasteiger charge is -2.34.